The van der Waals surface area contributed by atoms with E-state index in [-0.39, 0.29) is 5.91 Å². The third-order valence-electron chi connectivity index (χ3n) is 5.21. The lowest BCUT2D eigenvalue weighted by atomic mass is 9.92. The summed E-state index contributed by atoms with van der Waals surface area (Å²) in [5, 5.41) is 0. The normalized spacial score (nSPS) is 16.3. The number of nitrogens with one attached hydrogen (secondary N) is 1. The maximum Gasteiger partial charge on any atom is 0.261 e. The fraction of sp³-hybridized carbons (Fsp3) is 0.350. The van der Waals surface area contributed by atoms with Crippen LogP contribution in [0.3, 0.4) is 0 Å². The molecule has 1 amide bonds. The summed E-state index contributed by atoms with van der Waals surface area (Å²) in [6, 6.07) is 10.7. The quantitative estimate of drug-likeness (QED) is 0.898. The van der Waals surface area contributed by atoms with Gasteiger partial charge in [0.15, 0.2) is 0 Å². The number of aryl methyl sites for hydroxylation is 2. The number of carbonyl (C=O) groups is 1. The van der Waals surface area contributed by atoms with Crippen LogP contribution in [0.25, 0.3) is 0 Å². The van der Waals surface area contributed by atoms with E-state index in [1.54, 1.807) is 29.2 Å². The number of fused-ring (bicyclic) bond motifs is 2. The Bertz CT molecular complexity index is 983. The van der Waals surface area contributed by atoms with Crippen molar-refractivity contribution in [2.75, 3.05) is 16.2 Å². The first kappa shape index (κ1) is 17.1. The van der Waals surface area contributed by atoms with E-state index in [1.807, 2.05) is 19.1 Å². The van der Waals surface area contributed by atoms with Crippen LogP contribution in [0, 0.1) is 0 Å². The highest BCUT2D eigenvalue weighted by atomic mass is 32.2. The highest BCUT2D eigenvalue weighted by Crippen LogP contribution is 2.32. The Labute approximate surface area is 154 Å². The number of hydrogen-bond donors (Lipinski definition) is 1. The molecule has 6 heteroatoms. The standard InChI is InChI=1S/C20H22N2O3S/c1-2-22-19-10-8-17(11-16(19)13-20(22)23)21-26(24,25)18-9-7-14-5-3-4-6-15(14)12-18/h7-12,21H,2-6,13H2,1H3. The molecular weight excluding hydrogens is 348 g/mol. The summed E-state index contributed by atoms with van der Waals surface area (Å²) in [5.41, 5.74) is 4.62. The van der Waals surface area contributed by atoms with Gasteiger partial charge in [-0.1, -0.05) is 6.07 Å². The lowest BCUT2D eigenvalue weighted by molar-refractivity contribution is -0.117. The van der Waals surface area contributed by atoms with E-state index < -0.39 is 10.0 Å². The van der Waals surface area contributed by atoms with Crippen molar-refractivity contribution in [1.29, 1.82) is 0 Å². The molecule has 2 aromatic carbocycles. The molecule has 0 radical (unpaired) electrons. The van der Waals surface area contributed by atoms with Crippen LogP contribution < -0.4 is 9.62 Å². The van der Waals surface area contributed by atoms with Crippen LogP contribution in [0.5, 0.6) is 0 Å². The molecule has 0 saturated heterocycles. The minimum atomic E-state index is -3.65. The third-order valence-corrected chi connectivity index (χ3v) is 6.59. The predicted octanol–water partition coefficient (Wildman–Crippen LogP) is 3.28. The van der Waals surface area contributed by atoms with E-state index in [4.69, 9.17) is 0 Å². The van der Waals surface area contributed by atoms with Crippen molar-refractivity contribution < 1.29 is 13.2 Å². The van der Waals surface area contributed by atoms with Crippen LogP contribution in [0.4, 0.5) is 11.4 Å². The monoisotopic (exact) mass is 370 g/mol. The van der Waals surface area contributed by atoms with Gasteiger partial charge in [-0.05, 0) is 79.6 Å². The second kappa shape index (κ2) is 6.43. The summed E-state index contributed by atoms with van der Waals surface area (Å²) < 4.78 is 28.2. The molecule has 26 heavy (non-hydrogen) atoms. The average molecular weight is 370 g/mol. The fourth-order valence-electron chi connectivity index (χ4n) is 3.88. The number of hydrogen-bond acceptors (Lipinski definition) is 3. The SMILES string of the molecule is CCN1C(=O)Cc2cc(NS(=O)(=O)c3ccc4c(c3)CCCC4)ccc21. The predicted molar refractivity (Wildman–Crippen MR) is 102 cm³/mol. The van der Waals surface area contributed by atoms with Gasteiger partial charge in [-0.3, -0.25) is 9.52 Å². The van der Waals surface area contributed by atoms with Gasteiger partial charge < -0.3 is 4.90 Å². The van der Waals surface area contributed by atoms with E-state index in [0.29, 0.717) is 23.5 Å². The fourth-order valence-corrected chi connectivity index (χ4v) is 4.98. The number of nitrogens with zero attached hydrogens (tertiary/aromatic N) is 1. The Morgan fingerprint density at radius 3 is 2.54 bits per heavy atom. The van der Waals surface area contributed by atoms with Gasteiger partial charge in [-0.2, -0.15) is 0 Å². The number of likely N-dealkylation sites (N-methyl/N-ethyl adjacent to an activating group) is 1. The van der Waals surface area contributed by atoms with Crippen molar-refractivity contribution in [3.63, 3.8) is 0 Å². The van der Waals surface area contributed by atoms with Gasteiger partial charge in [0.2, 0.25) is 5.91 Å². The molecule has 0 bridgehead atoms. The first-order valence-corrected chi connectivity index (χ1v) is 10.5. The van der Waals surface area contributed by atoms with Crippen molar-refractivity contribution in [1.82, 2.24) is 0 Å². The zero-order chi connectivity index (χ0) is 18.3. The van der Waals surface area contributed by atoms with E-state index in [9.17, 15) is 13.2 Å². The van der Waals surface area contributed by atoms with Crippen LogP contribution >= 0.6 is 0 Å². The Balaban J connectivity index is 1.61. The number of sulfonamides is 1. The average Bonchev–Trinajstić information content (AvgIpc) is 2.95. The number of rotatable bonds is 4. The van der Waals surface area contributed by atoms with Gasteiger partial charge in [0.1, 0.15) is 0 Å². The lowest BCUT2D eigenvalue weighted by Crippen LogP contribution is -2.25. The van der Waals surface area contributed by atoms with Crippen molar-refractivity contribution in [3.8, 4) is 0 Å². The molecule has 1 N–H and O–H groups in total. The smallest absolute Gasteiger partial charge is 0.261 e. The Morgan fingerprint density at radius 2 is 1.77 bits per heavy atom. The van der Waals surface area contributed by atoms with Gasteiger partial charge in [-0.25, -0.2) is 8.42 Å². The number of carbonyl (C=O) groups excluding carboxylic acids is 1. The maximum atomic E-state index is 12.8. The Morgan fingerprint density at radius 1 is 1.00 bits per heavy atom. The maximum absolute atomic E-state index is 12.8. The second-order valence-electron chi connectivity index (χ2n) is 6.90. The molecule has 4 rings (SSSR count). The summed E-state index contributed by atoms with van der Waals surface area (Å²) in [7, 11) is -3.65. The number of benzene rings is 2. The summed E-state index contributed by atoms with van der Waals surface area (Å²) in [4.78, 5) is 14.0. The zero-order valence-corrected chi connectivity index (χ0v) is 15.6. The number of anilines is 2. The van der Waals surface area contributed by atoms with E-state index in [0.717, 1.165) is 36.1 Å². The summed E-state index contributed by atoms with van der Waals surface area (Å²) in [6.45, 7) is 2.55. The summed E-state index contributed by atoms with van der Waals surface area (Å²) in [6.07, 6.45) is 4.55. The first-order valence-electron chi connectivity index (χ1n) is 9.06. The van der Waals surface area contributed by atoms with Crippen LogP contribution in [0.1, 0.15) is 36.5 Å². The largest absolute Gasteiger partial charge is 0.312 e. The van der Waals surface area contributed by atoms with Gasteiger partial charge in [0, 0.05) is 17.9 Å². The second-order valence-corrected chi connectivity index (χ2v) is 8.58. The van der Waals surface area contributed by atoms with Crippen molar-refractivity contribution >= 4 is 27.3 Å². The molecule has 0 fully saturated rings. The molecule has 2 aromatic rings. The topological polar surface area (TPSA) is 66.5 Å². The highest BCUT2D eigenvalue weighted by molar-refractivity contribution is 7.92. The highest BCUT2D eigenvalue weighted by Gasteiger charge is 2.26. The zero-order valence-electron chi connectivity index (χ0n) is 14.8. The molecule has 5 nitrogen and oxygen atoms in total. The molecular formula is C20H22N2O3S. The summed E-state index contributed by atoms with van der Waals surface area (Å²) in [5.74, 6) is 0.0530. The van der Waals surface area contributed by atoms with Crippen LogP contribution in [0.2, 0.25) is 0 Å². The van der Waals surface area contributed by atoms with Gasteiger partial charge in [0.05, 0.1) is 11.3 Å². The molecule has 136 valence electrons. The first-order chi connectivity index (χ1) is 12.5. The molecule has 1 aliphatic carbocycles. The van der Waals surface area contributed by atoms with Crippen LogP contribution in [-0.2, 0) is 34.1 Å². The van der Waals surface area contributed by atoms with Crippen molar-refractivity contribution in [2.45, 2.75) is 43.9 Å². The molecule has 0 aromatic heterocycles. The molecule has 0 atom stereocenters. The molecule has 2 aliphatic rings. The number of amides is 1. The van der Waals surface area contributed by atoms with E-state index in [2.05, 4.69) is 4.72 Å². The minimum absolute atomic E-state index is 0.0530. The lowest BCUT2D eigenvalue weighted by Gasteiger charge is -2.17. The van der Waals surface area contributed by atoms with E-state index in [1.165, 1.54) is 12.0 Å². The van der Waals surface area contributed by atoms with Crippen LogP contribution in [0.15, 0.2) is 41.3 Å². The Kier molecular flexibility index (Phi) is 4.23. The molecule has 1 heterocycles. The molecule has 0 spiro atoms. The molecule has 1 aliphatic heterocycles. The minimum Gasteiger partial charge on any atom is -0.312 e. The van der Waals surface area contributed by atoms with Gasteiger partial charge in [-0.15, -0.1) is 0 Å². The van der Waals surface area contributed by atoms with Crippen LogP contribution in [-0.4, -0.2) is 20.9 Å². The molecule has 0 unspecified atom stereocenters. The van der Waals surface area contributed by atoms with Crippen molar-refractivity contribution in [2.24, 2.45) is 0 Å². The van der Waals surface area contributed by atoms with Gasteiger partial charge in [0.25, 0.3) is 10.0 Å². The molecule has 0 saturated carbocycles. The van der Waals surface area contributed by atoms with Gasteiger partial charge >= 0.3 is 0 Å². The third kappa shape index (κ3) is 2.98. The Hall–Kier alpha value is -2.34. The summed E-state index contributed by atoms with van der Waals surface area (Å²) >= 11 is 0. The van der Waals surface area contributed by atoms with Crippen molar-refractivity contribution in [3.05, 3.63) is 53.1 Å². The van der Waals surface area contributed by atoms with E-state index >= 15 is 0 Å².